The maximum Gasteiger partial charge on any atom is 0.129 e. The summed E-state index contributed by atoms with van der Waals surface area (Å²) < 4.78 is 7.20. The van der Waals surface area contributed by atoms with Crippen LogP contribution < -0.4 is 4.74 Å². The Labute approximate surface area is 115 Å². The molecule has 0 atom stereocenters. The number of nitrogens with zero attached hydrogens (tertiary/aromatic N) is 3. The molecule has 3 rings (SSSR count). The summed E-state index contributed by atoms with van der Waals surface area (Å²) in [4.78, 5) is 8.57. The normalized spacial score (nSPS) is 10.8. The van der Waals surface area contributed by atoms with E-state index in [4.69, 9.17) is 16.3 Å². The molecular formula is C14H12ClN3O. The molecular weight excluding hydrogens is 262 g/mol. The van der Waals surface area contributed by atoms with E-state index in [0.717, 1.165) is 28.3 Å². The van der Waals surface area contributed by atoms with E-state index in [-0.39, 0.29) is 0 Å². The summed E-state index contributed by atoms with van der Waals surface area (Å²) in [5.41, 5.74) is 2.84. The van der Waals surface area contributed by atoms with Gasteiger partial charge in [0, 0.05) is 11.9 Å². The summed E-state index contributed by atoms with van der Waals surface area (Å²) in [6.07, 6.45) is 3.49. The molecule has 0 amide bonds. The van der Waals surface area contributed by atoms with Gasteiger partial charge in [0.2, 0.25) is 0 Å². The number of benzene rings is 1. The summed E-state index contributed by atoms with van der Waals surface area (Å²) in [5.74, 6) is 1.97. The fourth-order valence-electron chi connectivity index (χ4n) is 2.09. The van der Waals surface area contributed by atoms with Crippen molar-refractivity contribution in [1.82, 2.24) is 14.5 Å². The number of methoxy groups -OCH3 is 1. The van der Waals surface area contributed by atoms with E-state index in [1.807, 2.05) is 34.9 Å². The van der Waals surface area contributed by atoms with Crippen LogP contribution in [0.15, 0.2) is 42.7 Å². The minimum atomic E-state index is 0.348. The zero-order valence-corrected chi connectivity index (χ0v) is 11.1. The lowest BCUT2D eigenvalue weighted by atomic mass is 10.3. The maximum atomic E-state index is 5.98. The lowest BCUT2D eigenvalue weighted by molar-refractivity contribution is 0.414. The van der Waals surface area contributed by atoms with Crippen LogP contribution in [-0.2, 0) is 5.88 Å². The Morgan fingerprint density at radius 1 is 1.21 bits per heavy atom. The fourth-order valence-corrected chi connectivity index (χ4v) is 2.27. The van der Waals surface area contributed by atoms with Crippen molar-refractivity contribution in [1.29, 1.82) is 0 Å². The second kappa shape index (κ2) is 4.90. The molecule has 4 nitrogen and oxygen atoms in total. The van der Waals surface area contributed by atoms with Crippen molar-refractivity contribution in [2.45, 2.75) is 5.88 Å². The Morgan fingerprint density at radius 2 is 2.00 bits per heavy atom. The standard InChI is InChI=1S/C14H12ClN3O/c1-19-11-4-2-10(3-5-11)18-13-6-7-16-9-12(13)17-14(18)8-15/h2-7,9H,8H2,1H3. The van der Waals surface area contributed by atoms with Crippen LogP contribution in [0, 0.1) is 0 Å². The maximum absolute atomic E-state index is 5.98. The minimum absolute atomic E-state index is 0.348. The van der Waals surface area contributed by atoms with Gasteiger partial charge in [0.15, 0.2) is 0 Å². The quantitative estimate of drug-likeness (QED) is 0.688. The number of hydrogen-bond donors (Lipinski definition) is 0. The minimum Gasteiger partial charge on any atom is -0.497 e. The average molecular weight is 274 g/mol. The molecule has 0 unspecified atom stereocenters. The molecule has 5 heteroatoms. The topological polar surface area (TPSA) is 39.9 Å². The van der Waals surface area contributed by atoms with Gasteiger partial charge in [-0.1, -0.05) is 0 Å². The van der Waals surface area contributed by atoms with Gasteiger partial charge in [-0.25, -0.2) is 4.98 Å². The molecule has 2 aromatic heterocycles. The molecule has 19 heavy (non-hydrogen) atoms. The molecule has 2 heterocycles. The number of rotatable bonds is 3. The Kier molecular flexibility index (Phi) is 3.09. The fraction of sp³-hybridized carbons (Fsp3) is 0.143. The number of ether oxygens (including phenoxy) is 1. The number of pyridine rings is 1. The molecule has 0 aliphatic heterocycles. The first kappa shape index (κ1) is 12.0. The third-order valence-corrected chi connectivity index (χ3v) is 3.22. The van der Waals surface area contributed by atoms with Crippen molar-refractivity contribution >= 4 is 22.6 Å². The first-order chi connectivity index (χ1) is 9.33. The number of imidazole rings is 1. The average Bonchev–Trinajstić information content (AvgIpc) is 2.86. The lowest BCUT2D eigenvalue weighted by Gasteiger charge is -2.08. The van der Waals surface area contributed by atoms with Gasteiger partial charge in [0.05, 0.1) is 24.7 Å². The van der Waals surface area contributed by atoms with Crippen molar-refractivity contribution in [3.63, 3.8) is 0 Å². The van der Waals surface area contributed by atoms with Crippen LogP contribution >= 0.6 is 11.6 Å². The highest BCUT2D eigenvalue weighted by Crippen LogP contribution is 2.23. The monoisotopic (exact) mass is 273 g/mol. The number of halogens is 1. The van der Waals surface area contributed by atoms with E-state index in [1.54, 1.807) is 19.5 Å². The molecule has 3 aromatic rings. The van der Waals surface area contributed by atoms with Gasteiger partial charge in [0.1, 0.15) is 17.1 Å². The molecule has 0 aliphatic carbocycles. The van der Waals surface area contributed by atoms with Crippen LogP contribution in [0.2, 0.25) is 0 Å². The molecule has 0 spiro atoms. The Balaban J connectivity index is 2.21. The third kappa shape index (κ3) is 2.04. The van der Waals surface area contributed by atoms with E-state index >= 15 is 0 Å². The van der Waals surface area contributed by atoms with Crippen molar-refractivity contribution in [3.05, 3.63) is 48.5 Å². The molecule has 0 saturated heterocycles. The van der Waals surface area contributed by atoms with Crippen LogP contribution in [0.25, 0.3) is 16.7 Å². The van der Waals surface area contributed by atoms with E-state index < -0.39 is 0 Å². The number of hydrogen-bond acceptors (Lipinski definition) is 3. The smallest absolute Gasteiger partial charge is 0.129 e. The van der Waals surface area contributed by atoms with E-state index in [0.29, 0.717) is 5.88 Å². The van der Waals surface area contributed by atoms with Crippen molar-refractivity contribution < 1.29 is 4.74 Å². The Hall–Kier alpha value is -2.07. The van der Waals surface area contributed by atoms with Gasteiger partial charge in [-0.05, 0) is 30.3 Å². The zero-order valence-electron chi connectivity index (χ0n) is 10.4. The number of alkyl halides is 1. The van der Waals surface area contributed by atoms with Crippen LogP contribution in [-0.4, -0.2) is 21.6 Å². The Bertz CT molecular complexity index is 706. The predicted molar refractivity (Wildman–Crippen MR) is 75.0 cm³/mol. The van der Waals surface area contributed by atoms with E-state index in [9.17, 15) is 0 Å². The highest BCUT2D eigenvalue weighted by atomic mass is 35.5. The van der Waals surface area contributed by atoms with Crippen LogP contribution in [0.4, 0.5) is 0 Å². The molecule has 96 valence electrons. The largest absolute Gasteiger partial charge is 0.497 e. The summed E-state index contributed by atoms with van der Waals surface area (Å²) in [6.45, 7) is 0. The predicted octanol–water partition coefficient (Wildman–Crippen LogP) is 3.17. The molecule has 0 radical (unpaired) electrons. The molecule has 1 aromatic carbocycles. The van der Waals surface area contributed by atoms with E-state index in [2.05, 4.69) is 9.97 Å². The second-order valence-electron chi connectivity index (χ2n) is 4.06. The second-order valence-corrected chi connectivity index (χ2v) is 4.33. The Morgan fingerprint density at radius 3 is 2.68 bits per heavy atom. The van der Waals surface area contributed by atoms with Gasteiger partial charge in [-0.15, -0.1) is 11.6 Å². The summed E-state index contributed by atoms with van der Waals surface area (Å²) in [5, 5.41) is 0. The molecule has 0 aliphatic rings. The van der Waals surface area contributed by atoms with Gasteiger partial charge in [0.25, 0.3) is 0 Å². The van der Waals surface area contributed by atoms with Crippen LogP contribution in [0.5, 0.6) is 5.75 Å². The summed E-state index contributed by atoms with van der Waals surface area (Å²) in [7, 11) is 1.65. The molecule has 0 fully saturated rings. The third-order valence-electron chi connectivity index (χ3n) is 2.98. The van der Waals surface area contributed by atoms with Crippen molar-refractivity contribution in [2.24, 2.45) is 0 Å². The highest BCUT2D eigenvalue weighted by molar-refractivity contribution is 6.17. The first-order valence-corrected chi connectivity index (χ1v) is 6.38. The van der Waals surface area contributed by atoms with Crippen molar-refractivity contribution in [3.8, 4) is 11.4 Å². The zero-order chi connectivity index (χ0) is 13.2. The number of fused-ring (bicyclic) bond motifs is 1. The first-order valence-electron chi connectivity index (χ1n) is 5.85. The van der Waals surface area contributed by atoms with Gasteiger partial charge >= 0.3 is 0 Å². The van der Waals surface area contributed by atoms with Gasteiger partial charge in [-0.2, -0.15) is 0 Å². The van der Waals surface area contributed by atoms with Gasteiger partial charge < -0.3 is 4.74 Å². The van der Waals surface area contributed by atoms with Gasteiger partial charge in [-0.3, -0.25) is 9.55 Å². The van der Waals surface area contributed by atoms with E-state index in [1.165, 1.54) is 0 Å². The SMILES string of the molecule is COc1ccc(-n2c(CCl)nc3cnccc32)cc1. The summed E-state index contributed by atoms with van der Waals surface area (Å²) in [6, 6.07) is 9.73. The van der Waals surface area contributed by atoms with Crippen LogP contribution in [0.3, 0.4) is 0 Å². The van der Waals surface area contributed by atoms with Crippen LogP contribution in [0.1, 0.15) is 5.82 Å². The molecule has 0 saturated carbocycles. The molecule has 0 N–H and O–H groups in total. The molecule has 0 bridgehead atoms. The summed E-state index contributed by atoms with van der Waals surface area (Å²) >= 11 is 5.98. The number of aromatic nitrogens is 3. The highest BCUT2D eigenvalue weighted by Gasteiger charge is 2.11. The lowest BCUT2D eigenvalue weighted by Crippen LogP contribution is -1.99. The van der Waals surface area contributed by atoms with Crippen molar-refractivity contribution in [2.75, 3.05) is 7.11 Å².